The van der Waals surface area contributed by atoms with Gasteiger partial charge in [0.25, 0.3) is 0 Å². The SMILES string of the molecule is CN=C(NCC(=O)NC1CCCCC1)N1CCCC2(CNC(=O)C2)C1. The maximum atomic E-state index is 12.2. The Morgan fingerprint density at radius 3 is 2.80 bits per heavy atom. The molecule has 1 aliphatic carbocycles. The summed E-state index contributed by atoms with van der Waals surface area (Å²) in [7, 11) is 1.75. The number of aliphatic imine (C=N–C) groups is 1. The maximum absolute atomic E-state index is 12.2. The molecule has 2 heterocycles. The Labute approximate surface area is 150 Å². The molecule has 140 valence electrons. The molecule has 7 nitrogen and oxygen atoms in total. The third-order valence-electron chi connectivity index (χ3n) is 5.75. The van der Waals surface area contributed by atoms with Crippen LogP contribution in [0.4, 0.5) is 0 Å². The molecule has 3 N–H and O–H groups in total. The zero-order chi connectivity index (χ0) is 17.7. The van der Waals surface area contributed by atoms with Crippen molar-refractivity contribution in [2.24, 2.45) is 10.4 Å². The topological polar surface area (TPSA) is 85.8 Å². The van der Waals surface area contributed by atoms with Crippen LogP contribution >= 0.6 is 0 Å². The highest BCUT2D eigenvalue weighted by molar-refractivity contribution is 5.87. The molecule has 7 heteroatoms. The number of hydrogen-bond acceptors (Lipinski definition) is 3. The Hall–Kier alpha value is -1.79. The third kappa shape index (κ3) is 4.64. The van der Waals surface area contributed by atoms with E-state index in [0.717, 1.165) is 51.3 Å². The largest absolute Gasteiger partial charge is 0.355 e. The second-order valence-electron chi connectivity index (χ2n) is 7.78. The summed E-state index contributed by atoms with van der Waals surface area (Å²) < 4.78 is 0. The third-order valence-corrected chi connectivity index (χ3v) is 5.75. The molecule has 1 spiro atoms. The van der Waals surface area contributed by atoms with Gasteiger partial charge in [0.15, 0.2) is 5.96 Å². The molecule has 0 aromatic carbocycles. The van der Waals surface area contributed by atoms with Gasteiger partial charge in [-0.1, -0.05) is 19.3 Å². The van der Waals surface area contributed by atoms with Gasteiger partial charge in [-0.15, -0.1) is 0 Å². The molecule has 2 aliphatic heterocycles. The Bertz CT molecular complexity index is 530. The average Bonchev–Trinajstić information content (AvgIpc) is 2.96. The van der Waals surface area contributed by atoms with E-state index in [1.54, 1.807) is 7.05 Å². The molecule has 0 aromatic heterocycles. The summed E-state index contributed by atoms with van der Waals surface area (Å²) in [5.41, 5.74) is 0.0251. The minimum Gasteiger partial charge on any atom is -0.355 e. The molecule has 3 rings (SSSR count). The highest BCUT2D eigenvalue weighted by Crippen LogP contribution is 2.35. The van der Waals surface area contributed by atoms with Gasteiger partial charge in [0.05, 0.1) is 6.54 Å². The maximum Gasteiger partial charge on any atom is 0.239 e. The lowest BCUT2D eigenvalue weighted by molar-refractivity contribution is -0.121. The van der Waals surface area contributed by atoms with Crippen LogP contribution < -0.4 is 16.0 Å². The molecule has 25 heavy (non-hydrogen) atoms. The molecule has 1 saturated carbocycles. The molecule has 2 amide bonds. The number of piperidine rings is 1. The van der Waals surface area contributed by atoms with Gasteiger partial charge in [0.1, 0.15) is 0 Å². The van der Waals surface area contributed by atoms with Crippen molar-refractivity contribution in [3.8, 4) is 0 Å². The number of guanidine groups is 1. The van der Waals surface area contributed by atoms with Crippen LogP contribution in [-0.2, 0) is 9.59 Å². The van der Waals surface area contributed by atoms with Gasteiger partial charge in [-0.3, -0.25) is 14.6 Å². The fourth-order valence-corrected chi connectivity index (χ4v) is 4.45. The van der Waals surface area contributed by atoms with Crippen molar-refractivity contribution in [1.29, 1.82) is 0 Å². The molecule has 0 bridgehead atoms. The smallest absolute Gasteiger partial charge is 0.239 e. The molecule has 1 unspecified atom stereocenters. The van der Waals surface area contributed by atoms with Gasteiger partial charge in [-0.05, 0) is 25.7 Å². The summed E-state index contributed by atoms with van der Waals surface area (Å²) in [4.78, 5) is 30.4. The van der Waals surface area contributed by atoms with E-state index in [9.17, 15) is 9.59 Å². The number of likely N-dealkylation sites (tertiary alicyclic amines) is 1. The number of carbonyl (C=O) groups excluding carboxylic acids is 2. The van der Waals surface area contributed by atoms with E-state index < -0.39 is 0 Å². The normalized spacial score (nSPS) is 28.1. The summed E-state index contributed by atoms with van der Waals surface area (Å²) in [5.74, 6) is 0.950. The molecular weight excluding hydrogens is 318 g/mol. The van der Waals surface area contributed by atoms with Crippen molar-refractivity contribution in [3.05, 3.63) is 0 Å². The number of hydrogen-bond donors (Lipinski definition) is 3. The van der Waals surface area contributed by atoms with Crippen molar-refractivity contribution < 1.29 is 9.59 Å². The van der Waals surface area contributed by atoms with Crippen LogP contribution in [0.3, 0.4) is 0 Å². The predicted molar refractivity (Wildman–Crippen MR) is 97.2 cm³/mol. The van der Waals surface area contributed by atoms with E-state index in [1.807, 2.05) is 0 Å². The first kappa shape index (κ1) is 18.0. The van der Waals surface area contributed by atoms with Crippen molar-refractivity contribution >= 4 is 17.8 Å². The van der Waals surface area contributed by atoms with Gasteiger partial charge < -0.3 is 20.9 Å². The quantitative estimate of drug-likeness (QED) is 0.515. The first-order valence-corrected chi connectivity index (χ1v) is 9.62. The van der Waals surface area contributed by atoms with Crippen molar-refractivity contribution in [1.82, 2.24) is 20.9 Å². The zero-order valence-corrected chi connectivity index (χ0v) is 15.3. The van der Waals surface area contributed by atoms with Gasteiger partial charge in [0, 0.05) is 44.6 Å². The number of amides is 2. The fourth-order valence-electron chi connectivity index (χ4n) is 4.45. The summed E-state index contributed by atoms with van der Waals surface area (Å²) in [6.45, 7) is 2.74. The van der Waals surface area contributed by atoms with Crippen molar-refractivity contribution in [2.45, 2.75) is 57.4 Å². The molecule has 3 fully saturated rings. The first-order chi connectivity index (χ1) is 12.1. The van der Waals surface area contributed by atoms with E-state index in [0.29, 0.717) is 12.5 Å². The van der Waals surface area contributed by atoms with Crippen LogP contribution in [0.15, 0.2) is 4.99 Å². The summed E-state index contributed by atoms with van der Waals surface area (Å²) in [6, 6.07) is 0.332. The van der Waals surface area contributed by atoms with Gasteiger partial charge in [-0.25, -0.2) is 0 Å². The summed E-state index contributed by atoms with van der Waals surface area (Å²) in [6.07, 6.45) is 8.61. The standard InChI is InChI=1S/C18H31N5O2/c1-19-17(20-11-16(25)22-14-6-3-2-4-7-14)23-9-5-8-18(13-23)10-15(24)21-12-18/h14H,2-13H2,1H3,(H,19,20)(H,21,24)(H,22,25). The highest BCUT2D eigenvalue weighted by Gasteiger charge is 2.42. The Balaban J connectivity index is 1.48. The lowest BCUT2D eigenvalue weighted by Crippen LogP contribution is -2.53. The second-order valence-corrected chi connectivity index (χ2v) is 7.78. The summed E-state index contributed by atoms with van der Waals surface area (Å²) in [5, 5.41) is 9.29. The number of rotatable bonds is 3. The lowest BCUT2D eigenvalue weighted by atomic mass is 9.79. The van der Waals surface area contributed by atoms with Crippen LogP contribution in [-0.4, -0.2) is 61.9 Å². The molecular formula is C18H31N5O2. The Kier molecular flexibility index (Phi) is 5.81. The van der Waals surface area contributed by atoms with E-state index in [2.05, 4.69) is 25.8 Å². The van der Waals surface area contributed by atoms with E-state index >= 15 is 0 Å². The van der Waals surface area contributed by atoms with E-state index in [1.165, 1.54) is 19.3 Å². The zero-order valence-electron chi connectivity index (χ0n) is 15.3. The van der Waals surface area contributed by atoms with E-state index in [-0.39, 0.29) is 23.8 Å². The summed E-state index contributed by atoms with van der Waals surface area (Å²) >= 11 is 0. The molecule has 0 aromatic rings. The van der Waals surface area contributed by atoms with E-state index in [4.69, 9.17) is 0 Å². The van der Waals surface area contributed by atoms with Crippen molar-refractivity contribution in [3.63, 3.8) is 0 Å². The fraction of sp³-hybridized carbons (Fsp3) is 0.833. The predicted octanol–water partition coefficient (Wildman–Crippen LogP) is 0.613. The number of carbonyl (C=O) groups is 2. The van der Waals surface area contributed by atoms with Crippen LogP contribution in [0.25, 0.3) is 0 Å². The van der Waals surface area contributed by atoms with Gasteiger partial charge in [0.2, 0.25) is 11.8 Å². The van der Waals surface area contributed by atoms with Gasteiger partial charge >= 0.3 is 0 Å². The average molecular weight is 349 g/mol. The second kappa shape index (κ2) is 8.06. The minimum absolute atomic E-state index is 0.0251. The minimum atomic E-state index is 0.0251. The van der Waals surface area contributed by atoms with Crippen LogP contribution in [0.5, 0.6) is 0 Å². The molecule has 2 saturated heterocycles. The number of nitrogens with one attached hydrogen (secondary N) is 3. The molecule has 3 aliphatic rings. The molecule has 0 radical (unpaired) electrons. The lowest BCUT2D eigenvalue weighted by Gasteiger charge is -2.40. The first-order valence-electron chi connectivity index (χ1n) is 9.62. The number of nitrogens with zero attached hydrogens (tertiary/aromatic N) is 2. The van der Waals surface area contributed by atoms with Crippen LogP contribution in [0.2, 0.25) is 0 Å². The Morgan fingerprint density at radius 1 is 1.32 bits per heavy atom. The van der Waals surface area contributed by atoms with Gasteiger partial charge in [-0.2, -0.15) is 0 Å². The molecule has 1 atom stereocenters. The van der Waals surface area contributed by atoms with Crippen LogP contribution in [0, 0.1) is 5.41 Å². The van der Waals surface area contributed by atoms with Crippen molar-refractivity contribution in [2.75, 3.05) is 33.2 Å². The highest BCUT2D eigenvalue weighted by atomic mass is 16.2. The Morgan fingerprint density at radius 2 is 2.12 bits per heavy atom. The van der Waals surface area contributed by atoms with Crippen LogP contribution in [0.1, 0.15) is 51.4 Å². The monoisotopic (exact) mass is 349 g/mol.